The fourth-order valence-corrected chi connectivity index (χ4v) is 2.79. The van der Waals surface area contributed by atoms with E-state index in [0.29, 0.717) is 12.4 Å². The van der Waals surface area contributed by atoms with Crippen LogP contribution in [0.25, 0.3) is 0 Å². The van der Waals surface area contributed by atoms with E-state index in [1.165, 1.54) is 12.1 Å². The molecular formula is C16H21FN4O. The van der Waals surface area contributed by atoms with Gasteiger partial charge in [0, 0.05) is 24.2 Å². The minimum absolute atomic E-state index is 0.242. The number of halogens is 1. The van der Waals surface area contributed by atoms with Crippen molar-refractivity contribution in [2.45, 2.75) is 38.3 Å². The van der Waals surface area contributed by atoms with Gasteiger partial charge in [-0.15, -0.1) is 10.2 Å². The number of nitrogens with one attached hydrogen (secondary N) is 1. The van der Waals surface area contributed by atoms with Crippen LogP contribution in [0.1, 0.15) is 37.3 Å². The maximum atomic E-state index is 13.3. The van der Waals surface area contributed by atoms with Crippen molar-refractivity contribution in [2.24, 2.45) is 0 Å². The number of benzene rings is 1. The van der Waals surface area contributed by atoms with Crippen LogP contribution in [0.5, 0.6) is 5.75 Å². The number of fused-ring (bicyclic) bond motifs is 1. The lowest BCUT2D eigenvalue weighted by Crippen LogP contribution is -2.22. The first kappa shape index (κ1) is 15.0. The molecule has 1 N–H and O–H groups in total. The van der Waals surface area contributed by atoms with Crippen molar-refractivity contribution in [1.29, 1.82) is 0 Å². The SMILES string of the molecule is Fc1ccc2c(c1)OCCC[C@@H]2NCCCCn1cnnc1. The molecule has 3 rings (SSSR count). The molecule has 0 saturated carbocycles. The number of aryl methyl sites for hydroxylation is 1. The minimum atomic E-state index is -0.242. The summed E-state index contributed by atoms with van der Waals surface area (Å²) in [6.45, 7) is 2.52. The van der Waals surface area contributed by atoms with Gasteiger partial charge in [-0.3, -0.25) is 0 Å². The lowest BCUT2D eigenvalue weighted by atomic mass is 10.0. The summed E-state index contributed by atoms with van der Waals surface area (Å²) < 4.78 is 21.0. The lowest BCUT2D eigenvalue weighted by molar-refractivity contribution is 0.313. The van der Waals surface area contributed by atoms with Gasteiger partial charge in [0.05, 0.1) is 6.61 Å². The van der Waals surface area contributed by atoms with Crippen LogP contribution >= 0.6 is 0 Å². The Morgan fingerprint density at radius 3 is 3.00 bits per heavy atom. The third-order valence-corrected chi connectivity index (χ3v) is 3.95. The normalized spacial score (nSPS) is 17.6. The van der Waals surface area contributed by atoms with E-state index >= 15 is 0 Å². The van der Waals surface area contributed by atoms with Crippen molar-refractivity contribution in [2.75, 3.05) is 13.2 Å². The second-order valence-electron chi connectivity index (χ2n) is 5.59. The van der Waals surface area contributed by atoms with E-state index in [0.717, 1.165) is 44.3 Å². The maximum absolute atomic E-state index is 13.3. The van der Waals surface area contributed by atoms with Gasteiger partial charge in [0.15, 0.2) is 0 Å². The van der Waals surface area contributed by atoms with Crippen molar-refractivity contribution >= 4 is 0 Å². The van der Waals surface area contributed by atoms with E-state index in [4.69, 9.17) is 4.74 Å². The van der Waals surface area contributed by atoms with E-state index in [-0.39, 0.29) is 11.9 Å². The maximum Gasteiger partial charge on any atom is 0.126 e. The average molecular weight is 304 g/mol. The van der Waals surface area contributed by atoms with Gasteiger partial charge in [0.1, 0.15) is 24.2 Å². The number of hydrogen-bond acceptors (Lipinski definition) is 4. The Balaban J connectivity index is 1.50. The molecule has 0 saturated heterocycles. The summed E-state index contributed by atoms with van der Waals surface area (Å²) in [5.74, 6) is 0.438. The predicted molar refractivity (Wildman–Crippen MR) is 81.1 cm³/mol. The molecule has 22 heavy (non-hydrogen) atoms. The van der Waals surface area contributed by atoms with Gasteiger partial charge in [-0.2, -0.15) is 0 Å². The Morgan fingerprint density at radius 2 is 2.14 bits per heavy atom. The molecule has 0 amide bonds. The third-order valence-electron chi connectivity index (χ3n) is 3.95. The fourth-order valence-electron chi connectivity index (χ4n) is 2.79. The summed E-state index contributed by atoms with van der Waals surface area (Å²) in [5.41, 5.74) is 1.07. The topological polar surface area (TPSA) is 52.0 Å². The monoisotopic (exact) mass is 304 g/mol. The molecular weight excluding hydrogens is 283 g/mol. The summed E-state index contributed by atoms with van der Waals surface area (Å²) >= 11 is 0. The third kappa shape index (κ3) is 3.82. The van der Waals surface area contributed by atoms with Crippen LogP contribution in [-0.4, -0.2) is 27.9 Å². The first-order valence-electron chi connectivity index (χ1n) is 7.81. The van der Waals surface area contributed by atoms with E-state index < -0.39 is 0 Å². The van der Waals surface area contributed by atoms with Gasteiger partial charge in [0.2, 0.25) is 0 Å². The molecule has 0 spiro atoms. The number of hydrogen-bond donors (Lipinski definition) is 1. The van der Waals surface area contributed by atoms with Crippen molar-refractivity contribution in [1.82, 2.24) is 20.1 Å². The Morgan fingerprint density at radius 1 is 1.27 bits per heavy atom. The van der Waals surface area contributed by atoms with Crippen molar-refractivity contribution in [3.63, 3.8) is 0 Å². The van der Waals surface area contributed by atoms with Gasteiger partial charge in [-0.25, -0.2) is 4.39 Å². The van der Waals surface area contributed by atoms with Crippen LogP contribution in [0.4, 0.5) is 4.39 Å². The highest BCUT2D eigenvalue weighted by Gasteiger charge is 2.19. The molecule has 2 heterocycles. The Labute approximate surface area is 129 Å². The second-order valence-corrected chi connectivity index (χ2v) is 5.59. The number of unbranched alkanes of at least 4 members (excludes halogenated alkanes) is 1. The highest BCUT2D eigenvalue weighted by Crippen LogP contribution is 2.31. The quantitative estimate of drug-likeness (QED) is 0.834. The van der Waals surface area contributed by atoms with E-state index in [9.17, 15) is 4.39 Å². The Hall–Kier alpha value is -1.95. The van der Waals surface area contributed by atoms with Crippen LogP contribution in [-0.2, 0) is 6.54 Å². The van der Waals surface area contributed by atoms with Gasteiger partial charge in [0.25, 0.3) is 0 Å². The molecule has 5 nitrogen and oxygen atoms in total. The molecule has 2 aromatic rings. The van der Waals surface area contributed by atoms with Crippen molar-refractivity contribution < 1.29 is 9.13 Å². The number of nitrogens with zero attached hydrogens (tertiary/aromatic N) is 3. The predicted octanol–water partition coefficient (Wildman–Crippen LogP) is 2.70. The van der Waals surface area contributed by atoms with Gasteiger partial charge >= 0.3 is 0 Å². The number of rotatable bonds is 6. The standard InChI is InChI=1S/C16H21FN4O/c17-13-5-6-14-15(4-3-9-22-16(14)10-13)18-7-1-2-8-21-11-19-20-12-21/h5-6,10-12,15,18H,1-4,7-9H2/t15-/m0/s1. The largest absolute Gasteiger partial charge is 0.493 e. The van der Waals surface area contributed by atoms with Crippen molar-refractivity contribution in [3.8, 4) is 5.75 Å². The average Bonchev–Trinajstić information content (AvgIpc) is 2.95. The van der Waals surface area contributed by atoms with Crippen LogP contribution in [0.15, 0.2) is 30.9 Å². The Bertz CT molecular complexity index is 588. The van der Waals surface area contributed by atoms with Gasteiger partial charge < -0.3 is 14.6 Å². The molecule has 1 aromatic carbocycles. The summed E-state index contributed by atoms with van der Waals surface area (Å²) in [4.78, 5) is 0. The molecule has 0 aliphatic carbocycles. The van der Waals surface area contributed by atoms with Crippen molar-refractivity contribution in [3.05, 3.63) is 42.2 Å². The molecule has 0 radical (unpaired) electrons. The first-order chi connectivity index (χ1) is 10.8. The highest BCUT2D eigenvalue weighted by atomic mass is 19.1. The summed E-state index contributed by atoms with van der Waals surface area (Å²) in [5, 5.41) is 11.2. The van der Waals surface area contributed by atoms with Crippen LogP contribution < -0.4 is 10.1 Å². The highest BCUT2D eigenvalue weighted by molar-refractivity contribution is 5.37. The summed E-state index contributed by atoms with van der Waals surface area (Å²) in [6, 6.07) is 5.08. The van der Waals surface area contributed by atoms with Gasteiger partial charge in [-0.1, -0.05) is 6.07 Å². The zero-order chi connectivity index (χ0) is 15.2. The smallest absolute Gasteiger partial charge is 0.126 e. The summed E-state index contributed by atoms with van der Waals surface area (Å²) in [7, 11) is 0. The zero-order valence-corrected chi connectivity index (χ0v) is 12.5. The van der Waals surface area contributed by atoms with Gasteiger partial charge in [-0.05, 0) is 38.3 Å². The fraction of sp³-hybridized carbons (Fsp3) is 0.500. The van der Waals surface area contributed by atoms with E-state index in [1.807, 2.05) is 10.6 Å². The molecule has 0 bridgehead atoms. The molecule has 1 aromatic heterocycles. The molecule has 1 aliphatic rings. The minimum Gasteiger partial charge on any atom is -0.493 e. The molecule has 0 unspecified atom stereocenters. The molecule has 0 fully saturated rings. The molecule has 6 heteroatoms. The zero-order valence-electron chi connectivity index (χ0n) is 12.5. The molecule has 1 aliphatic heterocycles. The van der Waals surface area contributed by atoms with E-state index in [1.54, 1.807) is 12.7 Å². The Kier molecular flexibility index (Phi) is 5.00. The van der Waals surface area contributed by atoms with Crippen LogP contribution in [0, 0.1) is 5.82 Å². The lowest BCUT2D eigenvalue weighted by Gasteiger charge is -2.18. The van der Waals surface area contributed by atoms with E-state index in [2.05, 4.69) is 15.5 Å². The number of aromatic nitrogens is 3. The van der Waals surface area contributed by atoms with Crippen LogP contribution in [0.2, 0.25) is 0 Å². The summed E-state index contributed by atoms with van der Waals surface area (Å²) in [6.07, 6.45) is 7.62. The first-order valence-corrected chi connectivity index (χ1v) is 7.81. The second kappa shape index (κ2) is 7.35. The number of ether oxygens (including phenoxy) is 1. The van der Waals surface area contributed by atoms with Crippen LogP contribution in [0.3, 0.4) is 0 Å². The molecule has 118 valence electrons. The molecule has 1 atom stereocenters.